The number of nitrogens with zero attached hydrogens (tertiary/aromatic N) is 1. The third kappa shape index (κ3) is 9.04. The zero-order valence-electron chi connectivity index (χ0n) is 20.2. The van der Waals surface area contributed by atoms with Gasteiger partial charge in [0.05, 0.1) is 19.4 Å². The van der Waals surface area contributed by atoms with Gasteiger partial charge in [-0.3, -0.25) is 4.79 Å². The molecule has 0 bridgehead atoms. The molecule has 3 aromatic carbocycles. The van der Waals surface area contributed by atoms with Gasteiger partial charge in [0.2, 0.25) is 0 Å². The maximum absolute atomic E-state index is 12.1. The number of benzene rings is 3. The molecule has 0 aliphatic heterocycles. The van der Waals surface area contributed by atoms with Gasteiger partial charge in [0, 0.05) is 11.6 Å². The first-order valence-electron chi connectivity index (χ1n) is 11.8. The van der Waals surface area contributed by atoms with Gasteiger partial charge >= 0.3 is 0 Å². The fourth-order valence-corrected chi connectivity index (χ4v) is 3.00. The van der Waals surface area contributed by atoms with Crippen molar-refractivity contribution in [2.45, 2.75) is 33.3 Å². The minimum atomic E-state index is -0.371. The minimum absolute atomic E-state index is 0.162. The van der Waals surface area contributed by atoms with Gasteiger partial charge in [0.1, 0.15) is 29.6 Å². The standard InChI is InChI=1S/C28H32N2O5/c1-3-16-32-26-11-10-23(27(18-26)33-17-4-2)19-29-30-28(31)21-35-25-14-12-24(13-15-25)34-20-22-8-6-5-7-9-22/h5-15,18-19H,3-4,16-17,20-21H2,1-2H3,(H,30,31)/b29-19-. The number of amides is 1. The second-order valence-electron chi connectivity index (χ2n) is 7.72. The molecule has 1 N–H and O–H groups in total. The van der Waals surface area contributed by atoms with Crippen LogP contribution in [0.1, 0.15) is 37.8 Å². The summed E-state index contributed by atoms with van der Waals surface area (Å²) >= 11 is 0. The van der Waals surface area contributed by atoms with E-state index in [0.717, 1.165) is 35.5 Å². The Bertz CT molecular complexity index is 1070. The van der Waals surface area contributed by atoms with Crippen molar-refractivity contribution in [1.29, 1.82) is 0 Å². The SMILES string of the molecule is CCCOc1ccc(/C=N\NC(=O)COc2ccc(OCc3ccccc3)cc2)c(OCCC)c1. The summed E-state index contributed by atoms with van der Waals surface area (Å²) in [7, 11) is 0. The molecule has 0 aliphatic rings. The lowest BCUT2D eigenvalue weighted by atomic mass is 10.2. The summed E-state index contributed by atoms with van der Waals surface area (Å²) in [4.78, 5) is 12.1. The van der Waals surface area contributed by atoms with Crippen LogP contribution in [-0.4, -0.2) is 31.9 Å². The van der Waals surface area contributed by atoms with Gasteiger partial charge in [-0.25, -0.2) is 5.43 Å². The summed E-state index contributed by atoms with van der Waals surface area (Å²) in [6, 6.07) is 22.6. The van der Waals surface area contributed by atoms with Crippen LogP contribution in [0.2, 0.25) is 0 Å². The summed E-state index contributed by atoms with van der Waals surface area (Å²) in [5.74, 6) is 2.31. The zero-order valence-corrected chi connectivity index (χ0v) is 20.2. The van der Waals surface area contributed by atoms with Gasteiger partial charge < -0.3 is 18.9 Å². The fraction of sp³-hybridized carbons (Fsp3) is 0.286. The lowest BCUT2D eigenvalue weighted by molar-refractivity contribution is -0.123. The summed E-state index contributed by atoms with van der Waals surface area (Å²) in [6.45, 7) is 5.63. The van der Waals surface area contributed by atoms with E-state index < -0.39 is 0 Å². The Hall–Kier alpha value is -4.00. The predicted octanol–water partition coefficient (Wildman–Crippen LogP) is 5.37. The Balaban J connectivity index is 1.46. The van der Waals surface area contributed by atoms with Crippen LogP contribution in [0.5, 0.6) is 23.0 Å². The molecule has 0 spiro atoms. The molecule has 0 heterocycles. The van der Waals surface area contributed by atoms with Crippen molar-refractivity contribution in [2.75, 3.05) is 19.8 Å². The molecule has 184 valence electrons. The predicted molar refractivity (Wildman–Crippen MR) is 136 cm³/mol. The highest BCUT2D eigenvalue weighted by atomic mass is 16.5. The summed E-state index contributed by atoms with van der Waals surface area (Å²) in [5, 5.41) is 4.04. The molecule has 35 heavy (non-hydrogen) atoms. The van der Waals surface area contributed by atoms with Crippen molar-refractivity contribution in [3.05, 3.63) is 83.9 Å². The molecular formula is C28H32N2O5. The largest absolute Gasteiger partial charge is 0.493 e. The normalized spacial score (nSPS) is 10.7. The number of hydrogen-bond acceptors (Lipinski definition) is 6. The Morgan fingerprint density at radius 2 is 1.46 bits per heavy atom. The van der Waals surface area contributed by atoms with Crippen molar-refractivity contribution in [1.82, 2.24) is 5.43 Å². The molecule has 7 heteroatoms. The third-order valence-corrected chi connectivity index (χ3v) is 4.75. The van der Waals surface area contributed by atoms with Crippen LogP contribution in [0, 0.1) is 0 Å². The smallest absolute Gasteiger partial charge is 0.277 e. The number of carbonyl (C=O) groups excluding carboxylic acids is 1. The second-order valence-corrected chi connectivity index (χ2v) is 7.72. The van der Waals surface area contributed by atoms with Crippen LogP contribution in [0.3, 0.4) is 0 Å². The van der Waals surface area contributed by atoms with E-state index >= 15 is 0 Å². The number of ether oxygens (including phenoxy) is 4. The fourth-order valence-electron chi connectivity index (χ4n) is 3.00. The van der Waals surface area contributed by atoms with Crippen LogP contribution in [0.25, 0.3) is 0 Å². The molecule has 0 aromatic heterocycles. The third-order valence-electron chi connectivity index (χ3n) is 4.75. The lowest BCUT2D eigenvalue weighted by Crippen LogP contribution is -2.24. The van der Waals surface area contributed by atoms with Crippen molar-refractivity contribution in [2.24, 2.45) is 5.10 Å². The highest BCUT2D eigenvalue weighted by molar-refractivity contribution is 5.85. The molecule has 0 fully saturated rings. The first kappa shape index (κ1) is 25.6. The van der Waals surface area contributed by atoms with Gasteiger partial charge in [-0.15, -0.1) is 0 Å². The van der Waals surface area contributed by atoms with Crippen molar-refractivity contribution in [3.8, 4) is 23.0 Å². The van der Waals surface area contributed by atoms with E-state index in [1.807, 2.05) is 55.5 Å². The first-order chi connectivity index (χ1) is 17.2. The first-order valence-corrected chi connectivity index (χ1v) is 11.8. The van der Waals surface area contributed by atoms with Gasteiger partial charge in [0.25, 0.3) is 5.91 Å². The highest BCUT2D eigenvalue weighted by Gasteiger charge is 2.06. The van der Waals surface area contributed by atoms with Gasteiger partial charge in [-0.05, 0) is 54.8 Å². The van der Waals surface area contributed by atoms with E-state index in [1.165, 1.54) is 0 Å². The Kier molecular flexibility index (Phi) is 10.5. The average molecular weight is 477 g/mol. The maximum atomic E-state index is 12.1. The minimum Gasteiger partial charge on any atom is -0.493 e. The second kappa shape index (κ2) is 14.3. The number of hydrogen-bond donors (Lipinski definition) is 1. The summed E-state index contributed by atoms with van der Waals surface area (Å²) < 4.78 is 22.8. The number of nitrogens with one attached hydrogen (secondary N) is 1. The molecule has 0 saturated carbocycles. The van der Waals surface area contributed by atoms with Crippen molar-refractivity contribution in [3.63, 3.8) is 0 Å². The summed E-state index contributed by atoms with van der Waals surface area (Å²) in [5.41, 5.74) is 4.31. The van der Waals surface area contributed by atoms with Gasteiger partial charge in [0.15, 0.2) is 6.61 Å². The van der Waals surface area contributed by atoms with Crippen LogP contribution in [0.4, 0.5) is 0 Å². The molecule has 7 nitrogen and oxygen atoms in total. The van der Waals surface area contributed by atoms with Crippen LogP contribution in [-0.2, 0) is 11.4 Å². The highest BCUT2D eigenvalue weighted by Crippen LogP contribution is 2.24. The van der Waals surface area contributed by atoms with Crippen LogP contribution in [0.15, 0.2) is 77.9 Å². The van der Waals surface area contributed by atoms with E-state index in [9.17, 15) is 4.79 Å². The number of rotatable bonds is 14. The van der Waals surface area contributed by atoms with Gasteiger partial charge in [-0.2, -0.15) is 5.10 Å². The molecule has 3 aromatic rings. The molecule has 0 unspecified atom stereocenters. The molecule has 0 atom stereocenters. The molecule has 0 radical (unpaired) electrons. The quantitative estimate of drug-likeness (QED) is 0.250. The van der Waals surface area contributed by atoms with E-state index in [4.69, 9.17) is 18.9 Å². The molecule has 3 rings (SSSR count). The van der Waals surface area contributed by atoms with Crippen molar-refractivity contribution < 1.29 is 23.7 Å². The van der Waals surface area contributed by atoms with Crippen LogP contribution >= 0.6 is 0 Å². The molecular weight excluding hydrogens is 444 g/mol. The number of carbonyl (C=O) groups is 1. The van der Waals surface area contributed by atoms with Gasteiger partial charge in [-0.1, -0.05) is 44.2 Å². The molecule has 1 amide bonds. The van der Waals surface area contributed by atoms with E-state index in [1.54, 1.807) is 30.5 Å². The zero-order chi connectivity index (χ0) is 24.7. The van der Waals surface area contributed by atoms with E-state index in [-0.39, 0.29) is 12.5 Å². The maximum Gasteiger partial charge on any atom is 0.277 e. The van der Waals surface area contributed by atoms with E-state index in [2.05, 4.69) is 17.5 Å². The van der Waals surface area contributed by atoms with E-state index in [0.29, 0.717) is 31.3 Å². The average Bonchev–Trinajstić information content (AvgIpc) is 2.90. The lowest BCUT2D eigenvalue weighted by Gasteiger charge is -2.11. The Morgan fingerprint density at radius 3 is 2.17 bits per heavy atom. The summed E-state index contributed by atoms with van der Waals surface area (Å²) in [6.07, 6.45) is 3.35. The Morgan fingerprint density at radius 1 is 0.800 bits per heavy atom. The van der Waals surface area contributed by atoms with Crippen molar-refractivity contribution >= 4 is 12.1 Å². The van der Waals surface area contributed by atoms with Crippen LogP contribution < -0.4 is 24.4 Å². The molecule has 0 aliphatic carbocycles. The Labute approximate surface area is 206 Å². The molecule has 0 saturated heterocycles. The monoisotopic (exact) mass is 476 g/mol. The topological polar surface area (TPSA) is 78.4 Å². The number of hydrazone groups is 1.